The van der Waals surface area contributed by atoms with Gasteiger partial charge < -0.3 is 9.26 Å². The Bertz CT molecular complexity index is 937. The van der Waals surface area contributed by atoms with Crippen LogP contribution in [-0.2, 0) is 6.42 Å². The smallest absolute Gasteiger partial charge is 0.164 e. The first-order valence-corrected chi connectivity index (χ1v) is 7.56. The number of ketones is 1. The van der Waals surface area contributed by atoms with Gasteiger partial charge in [-0.3, -0.25) is 9.78 Å². The minimum atomic E-state index is 0.161. The molecule has 0 N–H and O–H groups in total. The maximum Gasteiger partial charge on any atom is 0.164 e. The van der Waals surface area contributed by atoms with Crippen LogP contribution in [0.5, 0.6) is 5.75 Å². The molecule has 116 valence electrons. The van der Waals surface area contributed by atoms with E-state index in [1.165, 1.54) is 0 Å². The van der Waals surface area contributed by atoms with E-state index in [0.29, 0.717) is 12.2 Å². The maximum absolute atomic E-state index is 12.5. The van der Waals surface area contributed by atoms with E-state index in [9.17, 15) is 4.79 Å². The van der Waals surface area contributed by atoms with E-state index in [4.69, 9.17) is 9.26 Å². The molecule has 0 radical (unpaired) electrons. The maximum atomic E-state index is 12.5. The van der Waals surface area contributed by atoms with Crippen molar-refractivity contribution in [3.8, 4) is 16.9 Å². The molecule has 0 saturated heterocycles. The van der Waals surface area contributed by atoms with E-state index < -0.39 is 0 Å². The van der Waals surface area contributed by atoms with Gasteiger partial charge in [0, 0.05) is 22.9 Å². The van der Waals surface area contributed by atoms with Crippen molar-refractivity contribution in [1.29, 1.82) is 0 Å². The van der Waals surface area contributed by atoms with Crippen LogP contribution in [0.3, 0.4) is 0 Å². The predicted octanol–water partition coefficient (Wildman–Crippen LogP) is 3.64. The average molecular weight is 308 g/mol. The van der Waals surface area contributed by atoms with Crippen molar-refractivity contribution in [3.05, 3.63) is 40.9 Å². The van der Waals surface area contributed by atoms with E-state index in [0.717, 1.165) is 51.0 Å². The zero-order valence-electron chi connectivity index (χ0n) is 13.3. The van der Waals surface area contributed by atoms with E-state index >= 15 is 0 Å². The summed E-state index contributed by atoms with van der Waals surface area (Å²) in [5.74, 6) is 1.58. The molecule has 1 aliphatic rings. The van der Waals surface area contributed by atoms with Gasteiger partial charge in [0.05, 0.1) is 24.5 Å². The lowest BCUT2D eigenvalue weighted by molar-refractivity contribution is 0.0996. The fourth-order valence-corrected chi connectivity index (χ4v) is 3.44. The molecule has 0 bridgehead atoms. The molecular formula is C18H16N2O3. The number of pyridine rings is 1. The van der Waals surface area contributed by atoms with Crippen LogP contribution < -0.4 is 4.74 Å². The highest BCUT2D eigenvalue weighted by atomic mass is 16.5. The molecule has 2 heterocycles. The van der Waals surface area contributed by atoms with Gasteiger partial charge >= 0.3 is 0 Å². The fraction of sp³-hybridized carbons (Fsp3) is 0.278. The van der Waals surface area contributed by atoms with Crippen LogP contribution in [0, 0.1) is 13.8 Å². The number of nitrogens with zero attached hydrogens (tertiary/aromatic N) is 2. The molecule has 3 aromatic rings. The zero-order valence-corrected chi connectivity index (χ0v) is 13.3. The van der Waals surface area contributed by atoms with Crippen LogP contribution in [0.15, 0.2) is 22.9 Å². The molecule has 4 rings (SSSR count). The van der Waals surface area contributed by atoms with Crippen molar-refractivity contribution >= 4 is 16.7 Å². The van der Waals surface area contributed by atoms with Crippen LogP contribution in [0.1, 0.15) is 33.8 Å². The van der Waals surface area contributed by atoms with Gasteiger partial charge in [-0.2, -0.15) is 0 Å². The Kier molecular flexibility index (Phi) is 2.98. The molecule has 0 atom stereocenters. The second-order valence-corrected chi connectivity index (χ2v) is 5.84. The van der Waals surface area contributed by atoms with Gasteiger partial charge in [0.15, 0.2) is 5.78 Å². The van der Waals surface area contributed by atoms with Crippen molar-refractivity contribution in [3.63, 3.8) is 0 Å². The third-order valence-corrected chi connectivity index (χ3v) is 4.49. The summed E-state index contributed by atoms with van der Waals surface area (Å²) in [5.41, 5.74) is 5.42. The van der Waals surface area contributed by atoms with Crippen LogP contribution >= 0.6 is 0 Å². The number of rotatable bonds is 2. The third kappa shape index (κ3) is 1.96. The summed E-state index contributed by atoms with van der Waals surface area (Å²) in [5, 5.41) is 4.90. The summed E-state index contributed by atoms with van der Waals surface area (Å²) in [6.07, 6.45) is 2.94. The molecular weight excluding hydrogens is 292 g/mol. The molecule has 2 aromatic heterocycles. The summed E-state index contributed by atoms with van der Waals surface area (Å²) in [7, 11) is 1.60. The number of ether oxygens (including phenoxy) is 1. The molecule has 0 amide bonds. The first-order chi connectivity index (χ1) is 11.1. The lowest BCUT2D eigenvalue weighted by Gasteiger charge is -2.12. The van der Waals surface area contributed by atoms with Crippen molar-refractivity contribution in [2.45, 2.75) is 26.7 Å². The normalized spacial score (nSPS) is 13.6. The SMILES string of the molecule is COc1cnc2cc(-c3c(C)noc3C)c3c(c2c1)C(=O)CC3. The monoisotopic (exact) mass is 308 g/mol. The Morgan fingerprint density at radius 3 is 2.70 bits per heavy atom. The van der Waals surface area contributed by atoms with Crippen LogP contribution in [0.2, 0.25) is 0 Å². The van der Waals surface area contributed by atoms with E-state index in [1.54, 1.807) is 13.3 Å². The summed E-state index contributed by atoms with van der Waals surface area (Å²) in [6, 6.07) is 3.92. The number of benzene rings is 1. The quantitative estimate of drug-likeness (QED) is 0.723. The highest BCUT2D eigenvalue weighted by Crippen LogP contribution is 2.40. The van der Waals surface area contributed by atoms with Gasteiger partial charge in [-0.25, -0.2) is 0 Å². The number of aryl methyl sites for hydroxylation is 2. The van der Waals surface area contributed by atoms with Gasteiger partial charge in [0.2, 0.25) is 0 Å². The van der Waals surface area contributed by atoms with E-state index in [2.05, 4.69) is 10.1 Å². The first-order valence-electron chi connectivity index (χ1n) is 7.56. The number of hydrogen-bond donors (Lipinski definition) is 0. The van der Waals surface area contributed by atoms with Gasteiger partial charge in [-0.1, -0.05) is 5.16 Å². The minimum absolute atomic E-state index is 0.161. The van der Waals surface area contributed by atoms with E-state index in [1.807, 2.05) is 26.0 Å². The molecule has 1 aromatic carbocycles. The third-order valence-electron chi connectivity index (χ3n) is 4.49. The van der Waals surface area contributed by atoms with Crippen molar-refractivity contribution in [2.24, 2.45) is 0 Å². The molecule has 0 fully saturated rings. The van der Waals surface area contributed by atoms with Crippen LogP contribution in [0.25, 0.3) is 22.0 Å². The highest BCUT2D eigenvalue weighted by Gasteiger charge is 2.28. The number of Topliss-reactive ketones (excluding diaryl/α,β-unsaturated/α-hetero) is 1. The van der Waals surface area contributed by atoms with Crippen LogP contribution in [-0.4, -0.2) is 23.0 Å². The highest BCUT2D eigenvalue weighted by molar-refractivity contribution is 6.13. The number of fused-ring (bicyclic) bond motifs is 3. The fourth-order valence-electron chi connectivity index (χ4n) is 3.44. The number of methoxy groups -OCH3 is 1. The minimum Gasteiger partial charge on any atom is -0.495 e. The Morgan fingerprint density at radius 1 is 1.17 bits per heavy atom. The van der Waals surface area contributed by atoms with Gasteiger partial charge in [0.1, 0.15) is 11.5 Å². The van der Waals surface area contributed by atoms with Gasteiger partial charge in [-0.15, -0.1) is 0 Å². The molecule has 23 heavy (non-hydrogen) atoms. The number of hydrogen-bond acceptors (Lipinski definition) is 5. The topological polar surface area (TPSA) is 65.2 Å². The number of carbonyl (C=O) groups is 1. The summed E-state index contributed by atoms with van der Waals surface area (Å²) >= 11 is 0. The molecule has 5 nitrogen and oxygen atoms in total. The van der Waals surface area contributed by atoms with Crippen molar-refractivity contribution < 1.29 is 14.1 Å². The molecule has 1 aliphatic carbocycles. The predicted molar refractivity (Wildman–Crippen MR) is 85.9 cm³/mol. The van der Waals surface area contributed by atoms with Crippen molar-refractivity contribution in [2.75, 3.05) is 7.11 Å². The lowest BCUT2D eigenvalue weighted by atomic mass is 9.92. The second-order valence-electron chi connectivity index (χ2n) is 5.84. The lowest BCUT2D eigenvalue weighted by Crippen LogP contribution is -1.98. The molecule has 0 spiro atoms. The number of aromatic nitrogens is 2. The largest absolute Gasteiger partial charge is 0.495 e. The summed E-state index contributed by atoms with van der Waals surface area (Å²) < 4.78 is 10.6. The Labute approximate surface area is 133 Å². The number of carbonyl (C=O) groups excluding carboxylic acids is 1. The molecule has 5 heteroatoms. The van der Waals surface area contributed by atoms with Crippen LogP contribution in [0.4, 0.5) is 0 Å². The van der Waals surface area contributed by atoms with Gasteiger partial charge in [0.25, 0.3) is 0 Å². The van der Waals surface area contributed by atoms with E-state index in [-0.39, 0.29) is 5.78 Å². The molecule has 0 saturated carbocycles. The summed E-state index contributed by atoms with van der Waals surface area (Å²) in [6.45, 7) is 3.81. The zero-order chi connectivity index (χ0) is 16.1. The Balaban J connectivity index is 2.10. The molecule has 0 aliphatic heterocycles. The average Bonchev–Trinajstić information content (AvgIpc) is 3.10. The Hall–Kier alpha value is -2.69. The first kappa shape index (κ1) is 13.9. The van der Waals surface area contributed by atoms with Gasteiger partial charge in [-0.05, 0) is 43.5 Å². The molecule has 0 unspecified atom stereocenters. The second kappa shape index (κ2) is 4.91. The Morgan fingerprint density at radius 2 is 2.00 bits per heavy atom. The van der Waals surface area contributed by atoms with Crippen molar-refractivity contribution in [1.82, 2.24) is 10.1 Å². The summed E-state index contributed by atoms with van der Waals surface area (Å²) in [4.78, 5) is 16.9. The standard InChI is InChI=1S/C18H16N2O3/c1-9-17(10(2)23-20-9)13-7-15-14(6-11(22-3)8-19-15)18-12(13)4-5-16(18)21/h6-8H,4-5H2,1-3H3.